The summed E-state index contributed by atoms with van der Waals surface area (Å²) in [5.74, 6) is 2.52. The molecule has 0 saturated carbocycles. The highest BCUT2D eigenvalue weighted by Gasteiger charge is 2.32. The molecule has 1 N–H and O–H groups in total. The number of ether oxygens (including phenoxy) is 5. The fourth-order valence-electron chi connectivity index (χ4n) is 3.57. The van der Waals surface area contributed by atoms with E-state index in [-0.39, 0.29) is 6.61 Å². The second-order valence-corrected chi connectivity index (χ2v) is 8.28. The van der Waals surface area contributed by atoms with Gasteiger partial charge < -0.3 is 29.0 Å². The first-order chi connectivity index (χ1) is 16.4. The lowest BCUT2D eigenvalue weighted by molar-refractivity contribution is -0.138. The lowest BCUT2D eigenvalue weighted by Gasteiger charge is -2.26. The first kappa shape index (κ1) is 25.3. The van der Waals surface area contributed by atoms with Crippen molar-refractivity contribution >= 4 is 22.9 Å². The van der Waals surface area contributed by atoms with Gasteiger partial charge in [-0.15, -0.1) is 0 Å². The van der Waals surface area contributed by atoms with Crippen LogP contribution in [0.1, 0.15) is 31.0 Å². The number of rotatable bonds is 9. The van der Waals surface area contributed by atoms with Crippen molar-refractivity contribution in [3.8, 4) is 23.0 Å². The van der Waals surface area contributed by atoms with Crippen LogP contribution >= 0.6 is 11.8 Å². The maximum absolute atomic E-state index is 12.9. The van der Waals surface area contributed by atoms with Crippen LogP contribution in [0.15, 0.2) is 52.7 Å². The molecule has 9 heteroatoms. The summed E-state index contributed by atoms with van der Waals surface area (Å²) >= 11 is 1.55. The summed E-state index contributed by atoms with van der Waals surface area (Å²) in [5.41, 5.74) is 2.97. The highest BCUT2D eigenvalue weighted by Crippen LogP contribution is 2.43. The molecule has 1 aliphatic heterocycles. The minimum Gasteiger partial charge on any atom is -0.497 e. The van der Waals surface area contributed by atoms with E-state index >= 15 is 0 Å². The van der Waals surface area contributed by atoms with Crippen molar-refractivity contribution in [2.24, 2.45) is 4.99 Å². The predicted octanol–water partition coefficient (Wildman–Crippen LogP) is 4.49. The maximum atomic E-state index is 12.9. The Morgan fingerprint density at radius 3 is 2.18 bits per heavy atom. The lowest BCUT2D eigenvalue weighted by atomic mass is 9.96. The summed E-state index contributed by atoms with van der Waals surface area (Å²) in [5, 5.41) is 3.95. The SMILES string of the molecule is CCOC(=O)C1=C(C)NC(SCc2ccc(OC)cc2)=N[C@H]1c1cc(OC)c(OC)c(OC)c1. The van der Waals surface area contributed by atoms with Gasteiger partial charge in [0.2, 0.25) is 5.75 Å². The molecule has 1 heterocycles. The number of benzene rings is 2. The number of carbonyl (C=O) groups is 1. The summed E-state index contributed by atoms with van der Waals surface area (Å²) in [6, 6.07) is 10.9. The van der Waals surface area contributed by atoms with Crippen molar-refractivity contribution in [2.45, 2.75) is 25.6 Å². The number of hydrogen-bond donors (Lipinski definition) is 1. The van der Waals surface area contributed by atoms with Crippen LogP contribution in [0, 0.1) is 0 Å². The molecular weight excluding hydrogens is 456 g/mol. The highest BCUT2D eigenvalue weighted by atomic mass is 32.2. The molecule has 34 heavy (non-hydrogen) atoms. The Balaban J connectivity index is 1.98. The van der Waals surface area contributed by atoms with Crippen molar-refractivity contribution < 1.29 is 28.5 Å². The summed E-state index contributed by atoms with van der Waals surface area (Å²) < 4.78 is 27.0. The maximum Gasteiger partial charge on any atom is 0.338 e. The Hall–Kier alpha value is -3.33. The molecule has 0 unspecified atom stereocenters. The van der Waals surface area contributed by atoms with Crippen LogP contribution in [0.4, 0.5) is 0 Å². The lowest BCUT2D eigenvalue weighted by Crippen LogP contribution is -2.30. The van der Waals surface area contributed by atoms with E-state index in [0.717, 1.165) is 16.9 Å². The zero-order valence-corrected chi connectivity index (χ0v) is 21.1. The number of hydrogen-bond acceptors (Lipinski definition) is 9. The van der Waals surface area contributed by atoms with E-state index < -0.39 is 12.0 Å². The van der Waals surface area contributed by atoms with Crippen LogP contribution in [0.25, 0.3) is 0 Å². The van der Waals surface area contributed by atoms with Crippen molar-refractivity contribution in [1.82, 2.24) is 5.32 Å². The number of esters is 1. The first-order valence-corrected chi connectivity index (χ1v) is 11.7. The van der Waals surface area contributed by atoms with Crippen LogP contribution in [0.2, 0.25) is 0 Å². The molecule has 0 amide bonds. The molecule has 182 valence electrons. The zero-order chi connectivity index (χ0) is 24.7. The second kappa shape index (κ2) is 11.7. The molecule has 2 aromatic rings. The van der Waals surface area contributed by atoms with E-state index in [0.29, 0.717) is 39.4 Å². The van der Waals surface area contributed by atoms with Gasteiger partial charge in [-0.2, -0.15) is 0 Å². The molecule has 3 rings (SSSR count). The van der Waals surface area contributed by atoms with Crippen molar-refractivity contribution in [1.29, 1.82) is 0 Å². The monoisotopic (exact) mass is 486 g/mol. The highest BCUT2D eigenvalue weighted by molar-refractivity contribution is 8.13. The predicted molar refractivity (Wildman–Crippen MR) is 133 cm³/mol. The molecule has 0 aliphatic carbocycles. The second-order valence-electron chi connectivity index (χ2n) is 7.32. The number of nitrogens with one attached hydrogen (secondary N) is 1. The third-order valence-corrected chi connectivity index (χ3v) is 6.21. The largest absolute Gasteiger partial charge is 0.497 e. The molecule has 0 fully saturated rings. The molecule has 0 bridgehead atoms. The van der Waals surface area contributed by atoms with Crippen LogP contribution < -0.4 is 24.3 Å². The zero-order valence-electron chi connectivity index (χ0n) is 20.3. The first-order valence-electron chi connectivity index (χ1n) is 10.7. The number of carbonyl (C=O) groups excluding carboxylic acids is 1. The van der Waals surface area contributed by atoms with E-state index in [1.54, 1.807) is 59.3 Å². The fraction of sp³-hybridized carbons (Fsp3) is 0.360. The number of aliphatic imine (C=N–C) groups is 1. The molecule has 0 spiro atoms. The average molecular weight is 487 g/mol. The van der Waals surface area contributed by atoms with Crippen LogP contribution in [-0.4, -0.2) is 46.2 Å². The van der Waals surface area contributed by atoms with E-state index in [9.17, 15) is 4.79 Å². The molecular formula is C25H30N2O6S. The Bertz CT molecular complexity index is 1060. The molecule has 1 aliphatic rings. The summed E-state index contributed by atoms with van der Waals surface area (Å²) in [6.07, 6.45) is 0. The van der Waals surface area contributed by atoms with Crippen molar-refractivity contribution in [3.05, 3.63) is 58.8 Å². The van der Waals surface area contributed by atoms with Gasteiger partial charge in [0, 0.05) is 11.4 Å². The van der Waals surface area contributed by atoms with Gasteiger partial charge in [-0.25, -0.2) is 9.79 Å². The number of amidine groups is 1. The summed E-state index contributed by atoms with van der Waals surface area (Å²) in [6.45, 7) is 3.89. The number of thioether (sulfide) groups is 1. The van der Waals surface area contributed by atoms with Gasteiger partial charge in [0.25, 0.3) is 0 Å². The number of allylic oxidation sites excluding steroid dienone is 1. The molecule has 0 radical (unpaired) electrons. The quantitative estimate of drug-likeness (QED) is 0.519. The van der Waals surface area contributed by atoms with Crippen molar-refractivity contribution in [3.63, 3.8) is 0 Å². The van der Waals surface area contributed by atoms with Crippen LogP contribution in [-0.2, 0) is 15.3 Å². The van der Waals surface area contributed by atoms with Gasteiger partial charge in [0.15, 0.2) is 16.7 Å². The third kappa shape index (κ3) is 5.59. The Labute approximate surface area is 204 Å². The summed E-state index contributed by atoms with van der Waals surface area (Å²) in [7, 11) is 6.29. The van der Waals surface area contributed by atoms with E-state index in [1.165, 1.54) is 0 Å². The average Bonchev–Trinajstić information content (AvgIpc) is 2.86. The van der Waals surface area contributed by atoms with Gasteiger partial charge in [-0.05, 0) is 49.2 Å². The fourth-order valence-corrected chi connectivity index (χ4v) is 4.47. The normalized spacial score (nSPS) is 15.2. The standard InChI is InChI=1S/C25H30N2O6S/c1-7-33-24(28)21-15(2)26-25(34-14-16-8-10-18(29-3)11-9-16)27-22(21)17-12-19(30-4)23(32-6)20(13-17)31-5/h8-13,22H,7,14H2,1-6H3,(H,26,27)/t22-/m0/s1. The van der Waals surface area contributed by atoms with Gasteiger partial charge in [0.05, 0.1) is 40.6 Å². The van der Waals surface area contributed by atoms with Crippen LogP contribution in [0.5, 0.6) is 23.0 Å². The Morgan fingerprint density at radius 2 is 1.65 bits per heavy atom. The van der Waals surface area contributed by atoms with E-state index in [4.69, 9.17) is 28.7 Å². The smallest absolute Gasteiger partial charge is 0.338 e. The third-order valence-electron chi connectivity index (χ3n) is 5.25. The minimum atomic E-state index is -0.604. The molecule has 0 saturated heterocycles. The van der Waals surface area contributed by atoms with Gasteiger partial charge in [-0.1, -0.05) is 23.9 Å². The van der Waals surface area contributed by atoms with Gasteiger partial charge >= 0.3 is 5.97 Å². The molecule has 8 nitrogen and oxygen atoms in total. The van der Waals surface area contributed by atoms with Gasteiger partial charge in [0.1, 0.15) is 11.8 Å². The number of methoxy groups -OCH3 is 4. The minimum absolute atomic E-state index is 0.264. The van der Waals surface area contributed by atoms with Crippen LogP contribution in [0.3, 0.4) is 0 Å². The number of nitrogens with zero attached hydrogens (tertiary/aromatic N) is 1. The van der Waals surface area contributed by atoms with Gasteiger partial charge in [-0.3, -0.25) is 0 Å². The molecule has 2 aromatic carbocycles. The van der Waals surface area contributed by atoms with Crippen molar-refractivity contribution in [2.75, 3.05) is 35.0 Å². The Kier molecular flexibility index (Phi) is 8.70. The Morgan fingerprint density at radius 1 is 1.00 bits per heavy atom. The summed E-state index contributed by atoms with van der Waals surface area (Å²) in [4.78, 5) is 17.8. The molecule has 0 aromatic heterocycles. The van der Waals surface area contributed by atoms with E-state index in [1.807, 2.05) is 31.2 Å². The van der Waals surface area contributed by atoms with E-state index in [2.05, 4.69) is 5.32 Å². The molecule has 1 atom stereocenters. The topological polar surface area (TPSA) is 87.6 Å².